The van der Waals surface area contributed by atoms with Crippen molar-refractivity contribution in [3.63, 3.8) is 0 Å². The van der Waals surface area contributed by atoms with E-state index in [1.807, 2.05) is 0 Å². The topological polar surface area (TPSA) is 80.0 Å². The summed E-state index contributed by atoms with van der Waals surface area (Å²) in [5.74, 6) is 4.40. The Hall–Kier alpha value is -1.69. The summed E-state index contributed by atoms with van der Waals surface area (Å²) in [5.41, 5.74) is 2.09. The number of pyridine rings is 1. The van der Waals surface area contributed by atoms with Gasteiger partial charge in [0.05, 0.1) is 5.56 Å². The number of halogens is 1. The van der Waals surface area contributed by atoms with Crippen molar-refractivity contribution in [2.45, 2.75) is 32.2 Å². The fourth-order valence-electron chi connectivity index (χ4n) is 2.08. The minimum Gasteiger partial charge on any atom is -0.349 e. The van der Waals surface area contributed by atoms with E-state index in [9.17, 15) is 9.18 Å². The molecule has 1 heterocycles. The summed E-state index contributed by atoms with van der Waals surface area (Å²) in [7, 11) is 0. The van der Waals surface area contributed by atoms with Gasteiger partial charge in [-0.1, -0.05) is 13.3 Å². The molecule has 2 atom stereocenters. The highest BCUT2D eigenvalue weighted by Crippen LogP contribution is 2.34. The summed E-state index contributed by atoms with van der Waals surface area (Å²) in [6.45, 7) is 2.11. The Kier molecular flexibility index (Phi) is 3.76. The molecular formula is C12H17FN4O. The van der Waals surface area contributed by atoms with Crippen LogP contribution in [0.4, 0.5) is 10.2 Å². The quantitative estimate of drug-likeness (QED) is 0.547. The number of aromatic nitrogens is 1. The SMILES string of the molecule is CCCC1CC1NC(=O)c1ccnc(NN)c1F. The molecule has 4 N–H and O–H groups in total. The Balaban J connectivity index is 2.02. The first-order valence-electron chi connectivity index (χ1n) is 6.09. The van der Waals surface area contributed by atoms with Gasteiger partial charge in [0.15, 0.2) is 11.6 Å². The van der Waals surface area contributed by atoms with Gasteiger partial charge in [-0.05, 0) is 24.8 Å². The summed E-state index contributed by atoms with van der Waals surface area (Å²) in [6.07, 6.45) is 4.53. The third-order valence-corrected chi connectivity index (χ3v) is 3.17. The second-order valence-electron chi connectivity index (χ2n) is 4.53. The Morgan fingerprint density at radius 1 is 1.67 bits per heavy atom. The van der Waals surface area contributed by atoms with E-state index in [-0.39, 0.29) is 17.4 Å². The second kappa shape index (κ2) is 5.30. The van der Waals surface area contributed by atoms with Crippen molar-refractivity contribution in [1.29, 1.82) is 0 Å². The molecule has 0 saturated heterocycles. The van der Waals surface area contributed by atoms with E-state index >= 15 is 0 Å². The Bertz CT molecular complexity index is 452. The zero-order valence-electron chi connectivity index (χ0n) is 10.2. The zero-order chi connectivity index (χ0) is 13.1. The van der Waals surface area contributed by atoms with Crippen molar-refractivity contribution >= 4 is 11.7 Å². The molecule has 2 unspecified atom stereocenters. The Morgan fingerprint density at radius 3 is 3.11 bits per heavy atom. The maximum Gasteiger partial charge on any atom is 0.254 e. The molecule has 2 rings (SSSR count). The van der Waals surface area contributed by atoms with Crippen LogP contribution in [-0.4, -0.2) is 16.9 Å². The third kappa shape index (κ3) is 2.59. The van der Waals surface area contributed by atoms with Crippen molar-refractivity contribution in [3.05, 3.63) is 23.6 Å². The average molecular weight is 252 g/mol. The first-order valence-corrected chi connectivity index (χ1v) is 6.09. The number of rotatable bonds is 5. The largest absolute Gasteiger partial charge is 0.349 e. The van der Waals surface area contributed by atoms with Crippen LogP contribution in [-0.2, 0) is 0 Å². The van der Waals surface area contributed by atoms with E-state index in [0.29, 0.717) is 5.92 Å². The molecule has 6 heteroatoms. The van der Waals surface area contributed by atoms with Crippen molar-refractivity contribution in [1.82, 2.24) is 10.3 Å². The highest BCUT2D eigenvalue weighted by molar-refractivity contribution is 5.95. The van der Waals surface area contributed by atoms with Gasteiger partial charge in [-0.15, -0.1) is 0 Å². The lowest BCUT2D eigenvalue weighted by Gasteiger charge is -2.07. The predicted molar refractivity (Wildman–Crippen MR) is 66.3 cm³/mol. The number of nitrogens with two attached hydrogens (primary N) is 1. The van der Waals surface area contributed by atoms with Crippen LogP contribution in [0.25, 0.3) is 0 Å². The zero-order valence-corrected chi connectivity index (χ0v) is 10.2. The predicted octanol–water partition coefficient (Wildman–Crippen LogP) is 1.42. The molecule has 1 aliphatic carbocycles. The Labute approximate surface area is 105 Å². The number of nitrogens with zero attached hydrogens (tertiary/aromatic N) is 1. The molecule has 1 aromatic rings. The monoisotopic (exact) mass is 252 g/mol. The van der Waals surface area contributed by atoms with Crippen LogP contribution in [0.15, 0.2) is 12.3 Å². The summed E-state index contributed by atoms with van der Waals surface area (Å²) in [4.78, 5) is 15.6. The lowest BCUT2D eigenvalue weighted by Crippen LogP contribution is -2.28. The van der Waals surface area contributed by atoms with Gasteiger partial charge in [-0.25, -0.2) is 15.2 Å². The van der Waals surface area contributed by atoms with Gasteiger partial charge in [0.25, 0.3) is 5.91 Å². The van der Waals surface area contributed by atoms with E-state index in [4.69, 9.17) is 5.84 Å². The molecule has 0 aliphatic heterocycles. The number of nitrogen functional groups attached to an aromatic ring is 1. The van der Waals surface area contributed by atoms with Crippen LogP contribution in [0.3, 0.4) is 0 Å². The number of carbonyl (C=O) groups is 1. The van der Waals surface area contributed by atoms with Gasteiger partial charge >= 0.3 is 0 Å². The molecule has 0 bridgehead atoms. The number of hydrogen-bond acceptors (Lipinski definition) is 4. The van der Waals surface area contributed by atoms with Crippen molar-refractivity contribution < 1.29 is 9.18 Å². The number of hydrogen-bond donors (Lipinski definition) is 3. The first-order chi connectivity index (χ1) is 8.67. The molecule has 5 nitrogen and oxygen atoms in total. The molecule has 0 aromatic carbocycles. The van der Waals surface area contributed by atoms with Crippen LogP contribution in [0.1, 0.15) is 36.5 Å². The van der Waals surface area contributed by atoms with Gasteiger partial charge in [-0.2, -0.15) is 0 Å². The first kappa shape index (κ1) is 12.8. The molecule has 1 saturated carbocycles. The van der Waals surface area contributed by atoms with Gasteiger partial charge < -0.3 is 10.7 Å². The van der Waals surface area contributed by atoms with Gasteiger partial charge in [-0.3, -0.25) is 4.79 Å². The van der Waals surface area contributed by atoms with Crippen LogP contribution >= 0.6 is 0 Å². The third-order valence-electron chi connectivity index (χ3n) is 3.17. The lowest BCUT2D eigenvalue weighted by molar-refractivity contribution is 0.0944. The van der Waals surface area contributed by atoms with E-state index in [0.717, 1.165) is 19.3 Å². The van der Waals surface area contributed by atoms with Crippen LogP contribution in [0.2, 0.25) is 0 Å². The molecule has 1 aliphatic rings. The van der Waals surface area contributed by atoms with E-state index in [1.165, 1.54) is 12.3 Å². The van der Waals surface area contributed by atoms with E-state index < -0.39 is 11.7 Å². The molecule has 1 amide bonds. The van der Waals surface area contributed by atoms with Gasteiger partial charge in [0, 0.05) is 12.2 Å². The molecule has 18 heavy (non-hydrogen) atoms. The number of nitrogens with one attached hydrogen (secondary N) is 2. The maximum atomic E-state index is 13.8. The number of amides is 1. The van der Waals surface area contributed by atoms with Crippen molar-refractivity contribution in [2.75, 3.05) is 5.43 Å². The molecule has 1 aromatic heterocycles. The second-order valence-corrected chi connectivity index (χ2v) is 4.53. The number of anilines is 1. The highest BCUT2D eigenvalue weighted by atomic mass is 19.1. The fraction of sp³-hybridized carbons (Fsp3) is 0.500. The molecule has 1 fully saturated rings. The summed E-state index contributed by atoms with van der Waals surface area (Å²) in [6, 6.07) is 1.53. The minimum absolute atomic E-state index is 0.0277. The smallest absolute Gasteiger partial charge is 0.254 e. The van der Waals surface area contributed by atoms with Crippen LogP contribution in [0, 0.1) is 11.7 Å². The highest BCUT2D eigenvalue weighted by Gasteiger charge is 2.37. The molecular weight excluding hydrogens is 235 g/mol. The van der Waals surface area contributed by atoms with Crippen molar-refractivity contribution in [2.24, 2.45) is 11.8 Å². The minimum atomic E-state index is -0.717. The van der Waals surface area contributed by atoms with Crippen LogP contribution < -0.4 is 16.6 Å². The summed E-state index contributed by atoms with van der Waals surface area (Å²) in [5, 5.41) is 2.82. The van der Waals surface area contributed by atoms with Gasteiger partial charge in [0.1, 0.15) is 0 Å². The average Bonchev–Trinajstić information content (AvgIpc) is 3.08. The molecule has 0 spiro atoms. The lowest BCUT2D eigenvalue weighted by atomic mass is 10.2. The van der Waals surface area contributed by atoms with Crippen LogP contribution in [0.5, 0.6) is 0 Å². The molecule has 0 radical (unpaired) electrons. The summed E-state index contributed by atoms with van der Waals surface area (Å²) >= 11 is 0. The van der Waals surface area contributed by atoms with E-state index in [1.54, 1.807) is 0 Å². The standard InChI is InChI=1S/C12H17FN4O/c1-2-3-7-6-9(7)16-12(18)8-4-5-15-11(17-14)10(8)13/h4-5,7,9H,2-3,6,14H2,1H3,(H,15,17)(H,16,18). The summed E-state index contributed by atoms with van der Waals surface area (Å²) < 4.78 is 13.8. The number of carbonyl (C=O) groups excluding carboxylic acids is 1. The Morgan fingerprint density at radius 2 is 2.44 bits per heavy atom. The fourth-order valence-corrected chi connectivity index (χ4v) is 2.08. The maximum absolute atomic E-state index is 13.8. The molecule has 98 valence electrons. The van der Waals surface area contributed by atoms with E-state index in [2.05, 4.69) is 22.7 Å². The van der Waals surface area contributed by atoms with Gasteiger partial charge in [0.2, 0.25) is 0 Å². The van der Waals surface area contributed by atoms with Crippen molar-refractivity contribution in [3.8, 4) is 0 Å². The normalized spacial score (nSPS) is 21.5. The number of hydrazine groups is 1.